The minimum absolute atomic E-state index is 0.232. The molecule has 1 rings (SSSR count). The molecule has 0 radical (unpaired) electrons. The molecule has 0 heterocycles. The zero-order valence-corrected chi connectivity index (χ0v) is 13.3. The molecule has 5 nitrogen and oxygen atoms in total. The topological polar surface area (TPSA) is 83.5 Å². The smallest absolute Gasteiger partial charge is 0.304 e. The zero-order chi connectivity index (χ0) is 16.4. The fourth-order valence-corrected chi connectivity index (χ4v) is 3.77. The number of aryl methyl sites for hydroxylation is 2. The van der Waals surface area contributed by atoms with Gasteiger partial charge in [0.2, 0.25) is 10.0 Å². The highest BCUT2D eigenvalue weighted by Crippen LogP contribution is 2.22. The van der Waals surface area contributed by atoms with E-state index in [1.54, 1.807) is 26.8 Å². The second kappa shape index (κ2) is 6.53. The molecule has 0 aliphatic carbocycles. The first kappa shape index (κ1) is 17.6. The molecule has 2 N–H and O–H groups in total. The Bertz CT molecular complexity index is 617. The van der Waals surface area contributed by atoms with E-state index < -0.39 is 32.7 Å². The molecule has 0 saturated carbocycles. The SMILES string of the molecule is Cc1cc(C)c(S(=O)(=O)N[C@H](CC(=O)O)C(C)C)c(F)c1. The van der Waals surface area contributed by atoms with Gasteiger partial charge in [0.25, 0.3) is 0 Å². The summed E-state index contributed by atoms with van der Waals surface area (Å²) in [4.78, 5) is 10.4. The summed E-state index contributed by atoms with van der Waals surface area (Å²) in [7, 11) is -4.12. The van der Waals surface area contributed by atoms with Crippen LogP contribution in [0.2, 0.25) is 0 Å². The van der Waals surface area contributed by atoms with Crippen molar-refractivity contribution in [3.8, 4) is 0 Å². The summed E-state index contributed by atoms with van der Waals surface area (Å²) in [6.07, 6.45) is -0.358. The minimum atomic E-state index is -4.12. The molecule has 7 heteroatoms. The Hall–Kier alpha value is -1.47. The Morgan fingerprint density at radius 2 is 1.90 bits per heavy atom. The first-order chi connectivity index (χ1) is 9.54. The lowest BCUT2D eigenvalue weighted by Crippen LogP contribution is -2.40. The third-order valence-electron chi connectivity index (χ3n) is 3.15. The Morgan fingerprint density at radius 1 is 1.33 bits per heavy atom. The highest BCUT2D eigenvalue weighted by molar-refractivity contribution is 7.89. The molecule has 21 heavy (non-hydrogen) atoms. The summed E-state index contributed by atoms with van der Waals surface area (Å²) in [6, 6.07) is 1.91. The van der Waals surface area contributed by atoms with Crippen molar-refractivity contribution in [1.82, 2.24) is 4.72 Å². The van der Waals surface area contributed by atoms with Crippen LogP contribution in [0.3, 0.4) is 0 Å². The van der Waals surface area contributed by atoms with Crippen LogP contribution in [-0.4, -0.2) is 25.5 Å². The number of carbonyl (C=O) groups is 1. The van der Waals surface area contributed by atoms with Crippen LogP contribution in [0.15, 0.2) is 17.0 Å². The first-order valence-corrected chi connectivity index (χ1v) is 8.03. The van der Waals surface area contributed by atoms with Gasteiger partial charge in [0, 0.05) is 6.04 Å². The Kier molecular flexibility index (Phi) is 5.47. The number of hydrogen-bond donors (Lipinski definition) is 2. The third kappa shape index (κ3) is 4.50. The predicted molar refractivity (Wildman–Crippen MR) is 77.1 cm³/mol. The van der Waals surface area contributed by atoms with Gasteiger partial charge in [0.15, 0.2) is 0 Å². The quantitative estimate of drug-likeness (QED) is 0.842. The number of sulfonamides is 1. The maximum Gasteiger partial charge on any atom is 0.304 e. The molecule has 0 fully saturated rings. The van der Waals surface area contributed by atoms with E-state index >= 15 is 0 Å². The zero-order valence-electron chi connectivity index (χ0n) is 12.5. The molecule has 118 valence electrons. The van der Waals surface area contributed by atoms with Gasteiger partial charge < -0.3 is 5.11 Å². The summed E-state index contributed by atoms with van der Waals surface area (Å²) in [5, 5.41) is 8.84. The van der Waals surface area contributed by atoms with Gasteiger partial charge in [-0.05, 0) is 37.0 Å². The van der Waals surface area contributed by atoms with Crippen molar-refractivity contribution in [2.75, 3.05) is 0 Å². The van der Waals surface area contributed by atoms with Crippen molar-refractivity contribution >= 4 is 16.0 Å². The number of aliphatic carboxylic acids is 1. The molecule has 0 aromatic heterocycles. The summed E-state index contributed by atoms with van der Waals surface area (Å²) in [6.45, 7) is 6.58. The molecule has 1 aromatic carbocycles. The lowest BCUT2D eigenvalue weighted by molar-refractivity contribution is -0.137. The number of carboxylic acids is 1. The molecule has 0 aliphatic rings. The van der Waals surface area contributed by atoms with Gasteiger partial charge in [0.05, 0.1) is 6.42 Å². The molecule has 0 unspecified atom stereocenters. The van der Waals surface area contributed by atoms with Crippen molar-refractivity contribution in [3.05, 3.63) is 29.1 Å². The fourth-order valence-electron chi connectivity index (χ4n) is 2.10. The first-order valence-electron chi connectivity index (χ1n) is 6.55. The highest BCUT2D eigenvalue weighted by Gasteiger charge is 2.28. The lowest BCUT2D eigenvalue weighted by Gasteiger charge is -2.21. The molecule has 0 aliphatic heterocycles. The van der Waals surface area contributed by atoms with Crippen molar-refractivity contribution < 1.29 is 22.7 Å². The van der Waals surface area contributed by atoms with Crippen LogP contribution in [-0.2, 0) is 14.8 Å². The number of carboxylic acid groups (broad SMARTS) is 1. The average molecular weight is 317 g/mol. The van der Waals surface area contributed by atoms with Crippen molar-refractivity contribution in [2.45, 2.75) is 45.1 Å². The van der Waals surface area contributed by atoms with Crippen LogP contribution in [0, 0.1) is 25.6 Å². The summed E-state index contributed by atoms with van der Waals surface area (Å²) < 4.78 is 41.0. The van der Waals surface area contributed by atoms with Crippen LogP contribution < -0.4 is 4.72 Å². The molecular weight excluding hydrogens is 297 g/mol. The molecule has 1 aromatic rings. The molecule has 0 spiro atoms. The molecule has 0 bridgehead atoms. The average Bonchev–Trinajstić information content (AvgIpc) is 2.24. The second-order valence-corrected chi connectivity index (χ2v) is 7.11. The van der Waals surface area contributed by atoms with Crippen LogP contribution >= 0.6 is 0 Å². The van der Waals surface area contributed by atoms with Gasteiger partial charge in [-0.25, -0.2) is 17.5 Å². The number of benzene rings is 1. The standard InChI is InChI=1S/C14H20FNO4S/c1-8(2)12(7-13(17)18)16-21(19,20)14-10(4)5-9(3)6-11(14)15/h5-6,8,12,16H,7H2,1-4H3,(H,17,18)/t12-/m1/s1. The number of rotatable bonds is 6. The van der Waals surface area contributed by atoms with Gasteiger partial charge in [-0.3, -0.25) is 4.79 Å². The maximum absolute atomic E-state index is 14.0. The summed E-state index contributed by atoms with van der Waals surface area (Å²) in [5.41, 5.74) is 0.910. The molecular formula is C14H20FNO4S. The Morgan fingerprint density at radius 3 is 2.33 bits per heavy atom. The summed E-state index contributed by atoms with van der Waals surface area (Å²) in [5.74, 6) is -2.18. The van der Waals surface area contributed by atoms with E-state index in [2.05, 4.69) is 4.72 Å². The van der Waals surface area contributed by atoms with Gasteiger partial charge >= 0.3 is 5.97 Å². The van der Waals surface area contributed by atoms with Gasteiger partial charge in [-0.15, -0.1) is 0 Å². The molecule has 1 atom stereocenters. The third-order valence-corrected chi connectivity index (χ3v) is 4.82. The van der Waals surface area contributed by atoms with Gasteiger partial charge in [-0.2, -0.15) is 0 Å². The van der Waals surface area contributed by atoms with Crippen molar-refractivity contribution in [2.24, 2.45) is 5.92 Å². The number of hydrogen-bond acceptors (Lipinski definition) is 3. The Labute approximate surface area is 124 Å². The van der Waals surface area contributed by atoms with E-state index in [-0.39, 0.29) is 17.9 Å². The van der Waals surface area contributed by atoms with E-state index in [4.69, 9.17) is 5.11 Å². The predicted octanol–water partition coefficient (Wildman–Crippen LogP) is 2.22. The van der Waals surface area contributed by atoms with E-state index in [0.717, 1.165) is 6.07 Å². The second-order valence-electron chi connectivity index (χ2n) is 5.46. The maximum atomic E-state index is 14.0. The monoisotopic (exact) mass is 317 g/mol. The van der Waals surface area contributed by atoms with Crippen molar-refractivity contribution in [3.63, 3.8) is 0 Å². The van der Waals surface area contributed by atoms with Crippen LogP contribution in [0.4, 0.5) is 4.39 Å². The lowest BCUT2D eigenvalue weighted by atomic mass is 10.0. The fraction of sp³-hybridized carbons (Fsp3) is 0.500. The van der Waals surface area contributed by atoms with Gasteiger partial charge in [0.1, 0.15) is 10.7 Å². The van der Waals surface area contributed by atoms with Crippen LogP contribution in [0.25, 0.3) is 0 Å². The largest absolute Gasteiger partial charge is 0.481 e. The normalized spacial score (nSPS) is 13.4. The van der Waals surface area contributed by atoms with Crippen LogP contribution in [0.5, 0.6) is 0 Å². The van der Waals surface area contributed by atoms with E-state index in [0.29, 0.717) is 5.56 Å². The van der Waals surface area contributed by atoms with Gasteiger partial charge in [-0.1, -0.05) is 19.9 Å². The van der Waals surface area contributed by atoms with E-state index in [1.165, 1.54) is 6.92 Å². The minimum Gasteiger partial charge on any atom is -0.481 e. The number of nitrogens with one attached hydrogen (secondary N) is 1. The Balaban J connectivity index is 3.20. The van der Waals surface area contributed by atoms with E-state index in [9.17, 15) is 17.6 Å². The number of halogens is 1. The van der Waals surface area contributed by atoms with E-state index in [1.807, 2.05) is 0 Å². The molecule has 0 amide bonds. The van der Waals surface area contributed by atoms with Crippen LogP contribution in [0.1, 0.15) is 31.4 Å². The highest BCUT2D eigenvalue weighted by atomic mass is 32.2. The summed E-state index contributed by atoms with van der Waals surface area (Å²) >= 11 is 0. The van der Waals surface area contributed by atoms with Crippen molar-refractivity contribution in [1.29, 1.82) is 0 Å². The molecule has 0 saturated heterocycles.